The Morgan fingerprint density at radius 2 is 1.95 bits per heavy atom. The van der Waals surface area contributed by atoms with Crippen LogP contribution in [0.4, 0.5) is 5.69 Å². The Hall–Kier alpha value is -1.88. The number of aryl methyl sites for hydroxylation is 2. The van der Waals surface area contributed by atoms with Crippen molar-refractivity contribution in [3.05, 3.63) is 47.3 Å². The Labute approximate surface area is 137 Å². The van der Waals surface area contributed by atoms with Crippen molar-refractivity contribution in [3.8, 4) is 0 Å². The first-order valence-electron chi connectivity index (χ1n) is 7.73. The zero-order chi connectivity index (χ0) is 16.1. The van der Waals surface area contributed by atoms with Gasteiger partial charge in [0, 0.05) is 23.5 Å². The molecule has 0 radical (unpaired) electrons. The number of aromatic nitrogens is 2. The molecule has 0 aliphatic rings. The molecule has 5 heteroatoms. The number of hydrogen-bond donors (Lipinski definition) is 2. The molecule has 0 aliphatic carbocycles. The molecule has 2 aromatic rings. The molecule has 4 nitrogen and oxygen atoms in total. The van der Waals surface area contributed by atoms with E-state index in [1.807, 2.05) is 10.9 Å². The Kier molecular flexibility index (Phi) is 5.55. The maximum atomic E-state index is 5.40. The van der Waals surface area contributed by atoms with Gasteiger partial charge >= 0.3 is 0 Å². The van der Waals surface area contributed by atoms with Crippen LogP contribution < -0.4 is 10.6 Å². The van der Waals surface area contributed by atoms with E-state index in [9.17, 15) is 0 Å². The molecule has 1 atom stereocenters. The van der Waals surface area contributed by atoms with Gasteiger partial charge in [-0.25, -0.2) is 0 Å². The van der Waals surface area contributed by atoms with E-state index < -0.39 is 0 Å². The van der Waals surface area contributed by atoms with Crippen LogP contribution in [-0.2, 0) is 13.0 Å². The third-order valence-corrected chi connectivity index (χ3v) is 4.09. The quantitative estimate of drug-likeness (QED) is 0.823. The van der Waals surface area contributed by atoms with Crippen LogP contribution in [0, 0.1) is 6.92 Å². The molecule has 0 bridgehead atoms. The first-order valence-corrected chi connectivity index (χ1v) is 8.14. The number of rotatable bonds is 5. The van der Waals surface area contributed by atoms with E-state index in [1.54, 1.807) is 0 Å². The number of nitrogens with zero attached hydrogens (tertiary/aromatic N) is 2. The van der Waals surface area contributed by atoms with Gasteiger partial charge in [0.2, 0.25) is 0 Å². The normalized spacial score (nSPS) is 12.0. The molecule has 2 rings (SSSR count). The number of hydrogen-bond acceptors (Lipinski definition) is 2. The number of benzene rings is 1. The first-order chi connectivity index (χ1) is 10.5. The van der Waals surface area contributed by atoms with Crippen molar-refractivity contribution in [1.82, 2.24) is 15.1 Å². The van der Waals surface area contributed by atoms with E-state index >= 15 is 0 Å². The fraction of sp³-hybridized carbons (Fsp3) is 0.412. The van der Waals surface area contributed by atoms with Crippen LogP contribution in [0.1, 0.15) is 43.6 Å². The maximum Gasteiger partial charge on any atom is 0.171 e. The van der Waals surface area contributed by atoms with E-state index in [4.69, 9.17) is 12.2 Å². The number of anilines is 1. The van der Waals surface area contributed by atoms with Crippen LogP contribution in [0.3, 0.4) is 0 Å². The summed E-state index contributed by atoms with van der Waals surface area (Å²) in [5, 5.41) is 11.5. The Bertz CT molecular complexity index is 631. The van der Waals surface area contributed by atoms with Crippen molar-refractivity contribution in [2.45, 2.75) is 46.7 Å². The SMILES string of the molecule is CCc1ccc(NC(=S)NC(C)c2cnn(CC)c2C)cc1. The summed E-state index contributed by atoms with van der Waals surface area (Å²) in [4.78, 5) is 0. The lowest BCUT2D eigenvalue weighted by Gasteiger charge is -2.17. The van der Waals surface area contributed by atoms with Gasteiger partial charge in [0.1, 0.15) is 0 Å². The highest BCUT2D eigenvalue weighted by molar-refractivity contribution is 7.80. The van der Waals surface area contributed by atoms with Crippen LogP contribution in [0.5, 0.6) is 0 Å². The van der Waals surface area contributed by atoms with Crippen LogP contribution in [0.15, 0.2) is 30.5 Å². The van der Waals surface area contributed by atoms with Gasteiger partial charge in [-0.05, 0) is 57.1 Å². The minimum Gasteiger partial charge on any atom is -0.356 e. The van der Waals surface area contributed by atoms with Gasteiger partial charge in [0.05, 0.1) is 12.2 Å². The van der Waals surface area contributed by atoms with Crippen LogP contribution in [0.25, 0.3) is 0 Å². The predicted molar refractivity (Wildman–Crippen MR) is 96.2 cm³/mol. The number of thiocarbonyl (C=S) groups is 1. The molecule has 0 saturated carbocycles. The molecule has 1 aromatic carbocycles. The van der Waals surface area contributed by atoms with E-state index in [0.29, 0.717) is 5.11 Å². The highest BCUT2D eigenvalue weighted by atomic mass is 32.1. The van der Waals surface area contributed by atoms with Gasteiger partial charge in [-0.1, -0.05) is 19.1 Å². The summed E-state index contributed by atoms with van der Waals surface area (Å²) in [6.45, 7) is 9.30. The first kappa shape index (κ1) is 16.5. The molecule has 0 aliphatic heterocycles. The van der Waals surface area contributed by atoms with Gasteiger partial charge < -0.3 is 10.6 Å². The van der Waals surface area contributed by atoms with E-state index in [2.05, 4.69) is 67.7 Å². The topological polar surface area (TPSA) is 41.9 Å². The fourth-order valence-corrected chi connectivity index (χ4v) is 2.76. The Morgan fingerprint density at radius 3 is 2.50 bits per heavy atom. The average Bonchev–Trinajstić information content (AvgIpc) is 2.88. The highest BCUT2D eigenvalue weighted by Gasteiger charge is 2.13. The van der Waals surface area contributed by atoms with Crippen molar-refractivity contribution in [1.29, 1.82) is 0 Å². The summed E-state index contributed by atoms with van der Waals surface area (Å²) in [5.41, 5.74) is 4.67. The standard InChI is InChI=1S/C17H24N4S/c1-5-14-7-9-15(10-8-14)20-17(22)19-12(3)16-11-18-21(6-2)13(16)4/h7-12H,5-6H2,1-4H3,(H2,19,20,22). The minimum atomic E-state index is 0.121. The monoisotopic (exact) mass is 316 g/mol. The fourth-order valence-electron chi connectivity index (χ4n) is 2.47. The second-order valence-corrected chi connectivity index (χ2v) is 5.78. The highest BCUT2D eigenvalue weighted by Crippen LogP contribution is 2.17. The molecule has 22 heavy (non-hydrogen) atoms. The minimum absolute atomic E-state index is 0.121. The van der Waals surface area contributed by atoms with Gasteiger partial charge in [0.15, 0.2) is 5.11 Å². The van der Waals surface area contributed by atoms with Crippen LogP contribution in [0.2, 0.25) is 0 Å². The molecular formula is C17H24N4S. The van der Waals surface area contributed by atoms with Gasteiger partial charge in [-0.2, -0.15) is 5.10 Å². The molecule has 0 amide bonds. The third-order valence-electron chi connectivity index (χ3n) is 3.87. The maximum absolute atomic E-state index is 5.40. The van der Waals surface area contributed by atoms with Crippen LogP contribution >= 0.6 is 12.2 Å². The summed E-state index contributed by atoms with van der Waals surface area (Å²) in [6, 6.07) is 8.46. The molecule has 0 saturated heterocycles. The molecule has 2 N–H and O–H groups in total. The largest absolute Gasteiger partial charge is 0.356 e. The Balaban J connectivity index is 1.96. The molecular weight excluding hydrogens is 292 g/mol. The summed E-state index contributed by atoms with van der Waals surface area (Å²) in [5.74, 6) is 0. The Morgan fingerprint density at radius 1 is 1.27 bits per heavy atom. The lowest BCUT2D eigenvalue weighted by atomic mass is 10.1. The summed E-state index contributed by atoms with van der Waals surface area (Å²) in [7, 11) is 0. The molecule has 0 spiro atoms. The van der Waals surface area contributed by atoms with Gasteiger partial charge in [0.25, 0.3) is 0 Å². The lowest BCUT2D eigenvalue weighted by Crippen LogP contribution is -2.31. The molecule has 1 aromatic heterocycles. The lowest BCUT2D eigenvalue weighted by molar-refractivity contribution is 0.633. The smallest absolute Gasteiger partial charge is 0.171 e. The van der Waals surface area contributed by atoms with E-state index in [0.717, 1.165) is 18.7 Å². The zero-order valence-electron chi connectivity index (χ0n) is 13.7. The van der Waals surface area contributed by atoms with Gasteiger partial charge in [-0.3, -0.25) is 4.68 Å². The molecule has 0 fully saturated rings. The van der Waals surface area contributed by atoms with Crippen molar-refractivity contribution < 1.29 is 0 Å². The summed E-state index contributed by atoms with van der Waals surface area (Å²) in [6.07, 6.45) is 2.95. The second kappa shape index (κ2) is 7.40. The summed E-state index contributed by atoms with van der Waals surface area (Å²) >= 11 is 5.40. The zero-order valence-corrected chi connectivity index (χ0v) is 14.5. The predicted octanol–water partition coefficient (Wildman–Crippen LogP) is 3.82. The molecule has 1 unspecified atom stereocenters. The van der Waals surface area contributed by atoms with Crippen molar-refractivity contribution in [2.24, 2.45) is 0 Å². The average molecular weight is 316 g/mol. The summed E-state index contributed by atoms with van der Waals surface area (Å²) < 4.78 is 1.99. The van der Waals surface area contributed by atoms with Crippen molar-refractivity contribution in [2.75, 3.05) is 5.32 Å². The van der Waals surface area contributed by atoms with Crippen LogP contribution in [-0.4, -0.2) is 14.9 Å². The van der Waals surface area contributed by atoms with Crippen molar-refractivity contribution in [3.63, 3.8) is 0 Å². The third kappa shape index (κ3) is 3.85. The van der Waals surface area contributed by atoms with E-state index in [-0.39, 0.29) is 6.04 Å². The van der Waals surface area contributed by atoms with Gasteiger partial charge in [-0.15, -0.1) is 0 Å². The molecule has 1 heterocycles. The number of nitrogens with one attached hydrogen (secondary N) is 2. The molecule has 118 valence electrons. The second-order valence-electron chi connectivity index (χ2n) is 5.37. The van der Waals surface area contributed by atoms with Crippen molar-refractivity contribution >= 4 is 23.0 Å². The van der Waals surface area contributed by atoms with E-state index in [1.165, 1.54) is 16.8 Å².